The summed E-state index contributed by atoms with van der Waals surface area (Å²) in [5, 5.41) is 0. The summed E-state index contributed by atoms with van der Waals surface area (Å²) in [6.07, 6.45) is 1.39. The molecular formula is C27H32N6O6. The van der Waals surface area contributed by atoms with Crippen LogP contribution in [0.1, 0.15) is 33.6 Å². The van der Waals surface area contributed by atoms with E-state index in [1.54, 1.807) is 58.3 Å². The van der Waals surface area contributed by atoms with Gasteiger partial charge in [-0.05, 0) is 61.4 Å². The lowest BCUT2D eigenvalue weighted by atomic mass is 10.1. The minimum absolute atomic E-state index is 0.0791. The number of aliphatic imine (C=N–C) groups is 1. The van der Waals surface area contributed by atoms with Crippen LogP contribution in [0.25, 0.3) is 0 Å². The van der Waals surface area contributed by atoms with Crippen LogP contribution in [-0.2, 0) is 14.3 Å². The molecule has 1 atom stereocenters. The Kier molecular flexibility index (Phi) is 8.77. The third kappa shape index (κ3) is 6.90. The minimum atomic E-state index is -0.553. The van der Waals surface area contributed by atoms with E-state index in [0.717, 1.165) is 6.42 Å². The number of nitrogens with zero attached hydrogens (tertiary/aromatic N) is 4. The fraction of sp³-hybridized carbons (Fsp3) is 0.370. The van der Waals surface area contributed by atoms with Crippen molar-refractivity contribution in [1.82, 2.24) is 14.7 Å². The van der Waals surface area contributed by atoms with E-state index < -0.39 is 12.0 Å². The Morgan fingerprint density at radius 1 is 0.897 bits per heavy atom. The van der Waals surface area contributed by atoms with Crippen molar-refractivity contribution in [3.05, 3.63) is 59.7 Å². The van der Waals surface area contributed by atoms with Crippen LogP contribution in [0.2, 0.25) is 0 Å². The summed E-state index contributed by atoms with van der Waals surface area (Å²) in [7, 11) is 1.33. The molecule has 0 spiro atoms. The molecule has 12 heteroatoms. The predicted octanol–water partition coefficient (Wildman–Crippen LogP) is 0.733. The molecule has 2 aliphatic rings. The van der Waals surface area contributed by atoms with Crippen molar-refractivity contribution < 1.29 is 28.7 Å². The molecule has 4 N–H and O–H groups in total. The van der Waals surface area contributed by atoms with Crippen LogP contribution in [-0.4, -0.2) is 96.8 Å². The second-order valence-corrected chi connectivity index (χ2v) is 9.33. The van der Waals surface area contributed by atoms with Gasteiger partial charge in [0.1, 0.15) is 11.8 Å². The van der Waals surface area contributed by atoms with Crippen LogP contribution in [0.4, 0.5) is 5.69 Å². The first-order valence-electron chi connectivity index (χ1n) is 12.7. The van der Waals surface area contributed by atoms with Crippen LogP contribution in [0, 0.1) is 0 Å². The molecule has 0 saturated carbocycles. The van der Waals surface area contributed by atoms with Gasteiger partial charge in [0, 0.05) is 38.3 Å². The summed E-state index contributed by atoms with van der Waals surface area (Å²) in [5.74, 6) is -0.944. The van der Waals surface area contributed by atoms with Crippen molar-refractivity contribution >= 4 is 35.4 Å². The van der Waals surface area contributed by atoms with Crippen LogP contribution < -0.4 is 16.2 Å². The number of guanidine groups is 1. The van der Waals surface area contributed by atoms with Gasteiger partial charge in [-0.3, -0.25) is 14.5 Å². The maximum atomic E-state index is 13.0. The Labute approximate surface area is 226 Å². The van der Waals surface area contributed by atoms with E-state index in [4.69, 9.17) is 20.9 Å². The van der Waals surface area contributed by atoms with Crippen LogP contribution >= 0.6 is 0 Å². The van der Waals surface area contributed by atoms with E-state index in [9.17, 15) is 19.2 Å². The lowest BCUT2D eigenvalue weighted by molar-refractivity contribution is -0.151. The molecule has 2 aromatic rings. The van der Waals surface area contributed by atoms with Crippen LogP contribution in [0.5, 0.6) is 5.75 Å². The maximum Gasteiger partial charge on any atom is 0.343 e. The van der Waals surface area contributed by atoms with Crippen molar-refractivity contribution in [1.29, 1.82) is 0 Å². The molecule has 39 heavy (non-hydrogen) atoms. The second-order valence-electron chi connectivity index (χ2n) is 9.33. The Hall–Kier alpha value is -4.45. The lowest BCUT2D eigenvalue weighted by Crippen LogP contribution is -2.52. The van der Waals surface area contributed by atoms with Gasteiger partial charge in [0.25, 0.3) is 5.91 Å². The zero-order chi connectivity index (χ0) is 27.9. The molecule has 2 heterocycles. The normalized spacial score (nSPS) is 17.4. The van der Waals surface area contributed by atoms with Gasteiger partial charge in [-0.25, -0.2) is 14.6 Å². The molecule has 0 bridgehead atoms. The average Bonchev–Trinajstić information content (AvgIpc) is 3.43. The van der Waals surface area contributed by atoms with E-state index in [0.29, 0.717) is 61.7 Å². The standard InChI is InChI=1S/C27H32N6O6/c1-38-26(37)22-3-2-12-33(22)23(34)17-31-13-15-32(16-14-31)24(35)18-6-10-21(11-7-18)39-25(36)19-4-8-20(9-5-19)30-27(28)29/h4-11,22H,2-3,12-17H2,1H3,(H4,28,29,30). The quantitative estimate of drug-likeness (QED) is 0.225. The summed E-state index contributed by atoms with van der Waals surface area (Å²) < 4.78 is 10.2. The zero-order valence-corrected chi connectivity index (χ0v) is 21.7. The number of piperazine rings is 1. The predicted molar refractivity (Wildman–Crippen MR) is 142 cm³/mol. The van der Waals surface area contributed by atoms with Crippen molar-refractivity contribution in [2.45, 2.75) is 18.9 Å². The van der Waals surface area contributed by atoms with Gasteiger partial charge >= 0.3 is 11.9 Å². The van der Waals surface area contributed by atoms with E-state index in [1.807, 2.05) is 4.90 Å². The van der Waals surface area contributed by atoms with Gasteiger partial charge in [0.15, 0.2) is 5.96 Å². The summed E-state index contributed by atoms with van der Waals surface area (Å²) in [5.41, 5.74) is 12.0. The van der Waals surface area contributed by atoms with Gasteiger partial charge in [-0.2, -0.15) is 0 Å². The van der Waals surface area contributed by atoms with Gasteiger partial charge in [0.05, 0.1) is 24.9 Å². The largest absolute Gasteiger partial charge is 0.467 e. The number of rotatable bonds is 7. The molecular weight excluding hydrogens is 504 g/mol. The highest BCUT2D eigenvalue weighted by molar-refractivity contribution is 5.95. The fourth-order valence-corrected chi connectivity index (χ4v) is 4.67. The Morgan fingerprint density at radius 2 is 1.54 bits per heavy atom. The molecule has 2 aliphatic heterocycles. The highest BCUT2D eigenvalue weighted by atomic mass is 16.5. The molecule has 4 rings (SSSR count). The number of likely N-dealkylation sites (tertiary alicyclic amines) is 1. The number of methoxy groups -OCH3 is 1. The molecule has 12 nitrogen and oxygen atoms in total. The maximum absolute atomic E-state index is 13.0. The molecule has 0 radical (unpaired) electrons. The number of carbonyl (C=O) groups excluding carboxylic acids is 4. The molecule has 2 fully saturated rings. The van der Waals surface area contributed by atoms with Crippen LogP contribution in [0.3, 0.4) is 0 Å². The number of carbonyl (C=O) groups is 4. The summed E-state index contributed by atoms with van der Waals surface area (Å²) in [6.45, 7) is 2.79. The van der Waals surface area contributed by atoms with Gasteiger partial charge in [-0.15, -0.1) is 0 Å². The molecule has 1 unspecified atom stereocenters. The van der Waals surface area contributed by atoms with Gasteiger partial charge in [-0.1, -0.05) is 0 Å². The summed E-state index contributed by atoms with van der Waals surface area (Å²) in [6, 6.07) is 12.2. The molecule has 2 saturated heterocycles. The summed E-state index contributed by atoms with van der Waals surface area (Å²) >= 11 is 0. The highest BCUT2D eigenvalue weighted by Gasteiger charge is 2.35. The molecule has 0 aromatic heterocycles. The first kappa shape index (κ1) is 27.6. The number of hydrogen-bond acceptors (Lipinski definition) is 8. The number of esters is 2. The van der Waals surface area contributed by atoms with Crippen molar-refractivity contribution in [3.8, 4) is 5.75 Å². The second kappa shape index (κ2) is 12.4. The zero-order valence-electron chi connectivity index (χ0n) is 21.7. The molecule has 0 aliphatic carbocycles. The van der Waals surface area contributed by atoms with Crippen molar-refractivity contribution in [2.75, 3.05) is 46.4 Å². The third-order valence-corrected chi connectivity index (χ3v) is 6.74. The summed E-state index contributed by atoms with van der Waals surface area (Å²) in [4.78, 5) is 59.4. The Balaban J connectivity index is 1.26. The number of nitrogens with two attached hydrogens (primary N) is 2. The smallest absolute Gasteiger partial charge is 0.343 e. The Morgan fingerprint density at radius 3 is 2.15 bits per heavy atom. The van der Waals surface area contributed by atoms with E-state index >= 15 is 0 Å². The van der Waals surface area contributed by atoms with Gasteiger partial charge < -0.3 is 30.7 Å². The monoisotopic (exact) mass is 536 g/mol. The number of ether oxygens (including phenoxy) is 2. The minimum Gasteiger partial charge on any atom is -0.467 e. The van der Waals surface area contributed by atoms with E-state index in [1.165, 1.54) is 7.11 Å². The van der Waals surface area contributed by atoms with E-state index in [-0.39, 0.29) is 30.3 Å². The first-order chi connectivity index (χ1) is 18.7. The average molecular weight is 537 g/mol. The van der Waals surface area contributed by atoms with E-state index in [2.05, 4.69) is 4.99 Å². The first-order valence-corrected chi connectivity index (χ1v) is 12.7. The Bertz CT molecular complexity index is 1230. The SMILES string of the molecule is COC(=O)C1CCCN1C(=O)CN1CCN(C(=O)c2ccc(OC(=O)c3ccc(N=C(N)N)cc3)cc2)CC1. The molecule has 206 valence electrons. The number of amides is 2. The molecule has 2 aromatic carbocycles. The van der Waals surface area contributed by atoms with Crippen molar-refractivity contribution in [2.24, 2.45) is 16.5 Å². The number of benzene rings is 2. The molecule has 2 amide bonds. The van der Waals surface area contributed by atoms with Gasteiger partial charge in [0.2, 0.25) is 5.91 Å². The number of hydrogen-bond donors (Lipinski definition) is 2. The van der Waals surface area contributed by atoms with Crippen LogP contribution in [0.15, 0.2) is 53.5 Å². The topological polar surface area (TPSA) is 161 Å². The van der Waals surface area contributed by atoms with Crippen molar-refractivity contribution in [3.63, 3.8) is 0 Å². The lowest BCUT2D eigenvalue weighted by Gasteiger charge is -2.35. The highest BCUT2D eigenvalue weighted by Crippen LogP contribution is 2.20. The third-order valence-electron chi connectivity index (χ3n) is 6.74. The fourth-order valence-electron chi connectivity index (χ4n) is 4.67.